The maximum absolute atomic E-state index is 12.9. The number of hydrogen-bond acceptors (Lipinski definition) is 4. The van der Waals surface area contributed by atoms with Gasteiger partial charge in [0.05, 0.1) is 11.3 Å². The lowest BCUT2D eigenvalue weighted by molar-refractivity contribution is -0.137. The zero-order valence-corrected chi connectivity index (χ0v) is 9.98. The largest absolute Gasteiger partial charge is 0.418 e. The molecule has 0 aliphatic rings. The van der Waals surface area contributed by atoms with Crippen molar-refractivity contribution in [2.75, 3.05) is 5.73 Å². The van der Waals surface area contributed by atoms with Crippen LogP contribution in [0.5, 0.6) is 0 Å². The molecule has 0 aliphatic heterocycles. The molecule has 0 spiro atoms. The first-order valence-electron chi connectivity index (χ1n) is 5.39. The SMILES string of the molecule is NC(=O)c1ccc(-c2ncccc2C(F)(F)F)c(N)n1. The summed E-state index contributed by atoms with van der Waals surface area (Å²) in [6.45, 7) is 0. The van der Waals surface area contributed by atoms with Crippen molar-refractivity contribution >= 4 is 11.7 Å². The second-order valence-electron chi connectivity index (χ2n) is 3.89. The molecule has 0 aromatic carbocycles. The maximum atomic E-state index is 12.9. The van der Waals surface area contributed by atoms with Gasteiger partial charge in [0.25, 0.3) is 5.91 Å². The minimum Gasteiger partial charge on any atom is -0.383 e. The first-order valence-corrected chi connectivity index (χ1v) is 5.39. The third-order valence-corrected chi connectivity index (χ3v) is 2.55. The van der Waals surface area contributed by atoms with Crippen molar-refractivity contribution in [3.8, 4) is 11.3 Å². The molecule has 0 aliphatic carbocycles. The highest BCUT2D eigenvalue weighted by Crippen LogP contribution is 2.36. The fourth-order valence-corrected chi connectivity index (χ4v) is 1.66. The molecule has 4 N–H and O–H groups in total. The highest BCUT2D eigenvalue weighted by Gasteiger charge is 2.34. The lowest BCUT2D eigenvalue weighted by Gasteiger charge is -2.12. The number of primary amides is 1. The summed E-state index contributed by atoms with van der Waals surface area (Å²) in [6.07, 6.45) is -3.36. The smallest absolute Gasteiger partial charge is 0.383 e. The van der Waals surface area contributed by atoms with Gasteiger partial charge in [-0.05, 0) is 24.3 Å². The Kier molecular flexibility index (Phi) is 3.31. The molecule has 104 valence electrons. The van der Waals surface area contributed by atoms with Crippen LogP contribution in [-0.2, 0) is 6.18 Å². The Morgan fingerprint density at radius 3 is 2.45 bits per heavy atom. The number of anilines is 1. The number of aromatic nitrogens is 2. The van der Waals surface area contributed by atoms with Crippen molar-refractivity contribution in [2.24, 2.45) is 5.73 Å². The lowest BCUT2D eigenvalue weighted by Crippen LogP contribution is -2.15. The van der Waals surface area contributed by atoms with Gasteiger partial charge in [0.2, 0.25) is 0 Å². The van der Waals surface area contributed by atoms with E-state index in [1.165, 1.54) is 24.4 Å². The number of halogens is 3. The average molecular weight is 282 g/mol. The Labute approximate surface area is 111 Å². The van der Waals surface area contributed by atoms with Gasteiger partial charge in [0.15, 0.2) is 0 Å². The number of carbonyl (C=O) groups excluding carboxylic acids is 1. The van der Waals surface area contributed by atoms with Crippen molar-refractivity contribution in [1.82, 2.24) is 9.97 Å². The molecule has 8 heteroatoms. The zero-order chi connectivity index (χ0) is 14.9. The molecule has 2 aromatic rings. The van der Waals surface area contributed by atoms with E-state index in [1.807, 2.05) is 0 Å². The monoisotopic (exact) mass is 282 g/mol. The zero-order valence-electron chi connectivity index (χ0n) is 9.98. The van der Waals surface area contributed by atoms with E-state index in [9.17, 15) is 18.0 Å². The van der Waals surface area contributed by atoms with E-state index in [4.69, 9.17) is 11.5 Å². The second-order valence-corrected chi connectivity index (χ2v) is 3.89. The minimum atomic E-state index is -4.57. The number of alkyl halides is 3. The molecule has 2 aromatic heterocycles. The number of pyridine rings is 2. The molecule has 0 bridgehead atoms. The normalized spacial score (nSPS) is 11.3. The van der Waals surface area contributed by atoms with Crippen molar-refractivity contribution in [2.45, 2.75) is 6.18 Å². The van der Waals surface area contributed by atoms with Gasteiger partial charge in [-0.3, -0.25) is 9.78 Å². The van der Waals surface area contributed by atoms with Crippen LogP contribution in [-0.4, -0.2) is 15.9 Å². The molecular weight excluding hydrogens is 273 g/mol. The Morgan fingerprint density at radius 1 is 1.20 bits per heavy atom. The summed E-state index contributed by atoms with van der Waals surface area (Å²) in [5.74, 6) is -1.06. The fraction of sp³-hybridized carbons (Fsp3) is 0.0833. The summed E-state index contributed by atoms with van der Waals surface area (Å²) >= 11 is 0. The molecule has 0 unspecified atom stereocenters. The second kappa shape index (κ2) is 4.80. The van der Waals surface area contributed by atoms with Gasteiger partial charge in [0, 0.05) is 11.8 Å². The van der Waals surface area contributed by atoms with E-state index in [2.05, 4.69) is 9.97 Å². The summed E-state index contributed by atoms with van der Waals surface area (Å²) < 4.78 is 38.7. The van der Waals surface area contributed by atoms with Crippen LogP contribution in [0.25, 0.3) is 11.3 Å². The predicted octanol–water partition coefficient (Wildman–Crippen LogP) is 1.84. The van der Waals surface area contributed by atoms with Gasteiger partial charge in [-0.2, -0.15) is 13.2 Å². The molecule has 5 nitrogen and oxygen atoms in total. The molecule has 0 fully saturated rings. The molecule has 2 heterocycles. The van der Waals surface area contributed by atoms with E-state index < -0.39 is 17.6 Å². The quantitative estimate of drug-likeness (QED) is 0.878. The van der Waals surface area contributed by atoms with Gasteiger partial charge < -0.3 is 11.5 Å². The molecule has 0 saturated heterocycles. The van der Waals surface area contributed by atoms with E-state index in [1.54, 1.807) is 0 Å². The summed E-state index contributed by atoms with van der Waals surface area (Å²) in [4.78, 5) is 18.3. The molecule has 0 radical (unpaired) electrons. The van der Waals surface area contributed by atoms with Crippen LogP contribution in [0.15, 0.2) is 30.5 Å². The van der Waals surface area contributed by atoms with Gasteiger partial charge >= 0.3 is 6.18 Å². The topological polar surface area (TPSA) is 94.9 Å². The summed E-state index contributed by atoms with van der Waals surface area (Å²) in [5.41, 5.74) is 9.18. The van der Waals surface area contributed by atoms with E-state index in [-0.39, 0.29) is 22.8 Å². The van der Waals surface area contributed by atoms with E-state index in [0.717, 1.165) is 6.07 Å². The average Bonchev–Trinajstić information content (AvgIpc) is 2.37. The third-order valence-electron chi connectivity index (χ3n) is 2.55. The van der Waals surface area contributed by atoms with Crippen LogP contribution >= 0.6 is 0 Å². The highest BCUT2D eigenvalue weighted by molar-refractivity contribution is 5.92. The van der Waals surface area contributed by atoms with Crippen molar-refractivity contribution in [3.63, 3.8) is 0 Å². The van der Waals surface area contributed by atoms with Gasteiger partial charge in [-0.25, -0.2) is 4.98 Å². The summed E-state index contributed by atoms with van der Waals surface area (Å²) in [7, 11) is 0. The summed E-state index contributed by atoms with van der Waals surface area (Å²) in [5, 5.41) is 0. The Balaban J connectivity index is 2.61. The van der Waals surface area contributed by atoms with E-state index >= 15 is 0 Å². The molecule has 2 rings (SSSR count). The Morgan fingerprint density at radius 2 is 1.90 bits per heavy atom. The number of hydrogen-bond donors (Lipinski definition) is 2. The van der Waals surface area contributed by atoms with Crippen LogP contribution < -0.4 is 11.5 Å². The van der Waals surface area contributed by atoms with Crippen LogP contribution in [0, 0.1) is 0 Å². The molecule has 0 saturated carbocycles. The third kappa shape index (κ3) is 2.53. The lowest BCUT2D eigenvalue weighted by atomic mass is 10.1. The van der Waals surface area contributed by atoms with E-state index in [0.29, 0.717) is 0 Å². The molecule has 20 heavy (non-hydrogen) atoms. The first-order chi connectivity index (χ1) is 9.30. The predicted molar refractivity (Wildman–Crippen MR) is 65.4 cm³/mol. The highest BCUT2D eigenvalue weighted by atomic mass is 19.4. The Bertz CT molecular complexity index is 670. The number of nitrogen functional groups attached to an aromatic ring is 1. The van der Waals surface area contributed by atoms with Crippen LogP contribution in [0.4, 0.5) is 19.0 Å². The Hall–Kier alpha value is -2.64. The van der Waals surface area contributed by atoms with Gasteiger partial charge in [0.1, 0.15) is 11.5 Å². The molecular formula is C12H9F3N4O. The number of rotatable bonds is 2. The van der Waals surface area contributed by atoms with Crippen LogP contribution in [0.1, 0.15) is 16.1 Å². The van der Waals surface area contributed by atoms with Gasteiger partial charge in [-0.1, -0.05) is 0 Å². The van der Waals surface area contributed by atoms with Crippen molar-refractivity contribution < 1.29 is 18.0 Å². The first kappa shape index (κ1) is 13.8. The van der Waals surface area contributed by atoms with Crippen LogP contribution in [0.2, 0.25) is 0 Å². The standard InChI is InChI=1S/C12H9F3N4O/c13-12(14,15)7-2-1-5-18-9(7)6-3-4-8(11(17)20)19-10(6)16/h1-5H,(H2,16,19)(H2,17,20). The number of amides is 1. The summed E-state index contributed by atoms with van der Waals surface area (Å²) in [6, 6.07) is 4.50. The molecule has 0 atom stereocenters. The number of nitrogens with zero attached hydrogens (tertiary/aromatic N) is 2. The maximum Gasteiger partial charge on any atom is 0.418 e. The van der Waals surface area contributed by atoms with Gasteiger partial charge in [-0.15, -0.1) is 0 Å². The molecule has 1 amide bonds. The van der Waals surface area contributed by atoms with Crippen LogP contribution in [0.3, 0.4) is 0 Å². The minimum absolute atomic E-state index is 0.0112. The number of carbonyl (C=O) groups is 1. The van der Waals surface area contributed by atoms with Crippen molar-refractivity contribution in [1.29, 1.82) is 0 Å². The van der Waals surface area contributed by atoms with Crippen molar-refractivity contribution in [3.05, 3.63) is 41.7 Å². The fourth-order valence-electron chi connectivity index (χ4n) is 1.66. The number of nitrogens with two attached hydrogens (primary N) is 2.